The smallest absolute Gasteiger partial charge is 0.228 e. The Balaban J connectivity index is 1.23. The van der Waals surface area contributed by atoms with E-state index in [1.54, 1.807) is 0 Å². The molecule has 3 heterocycles. The number of aromatic nitrogens is 3. The Morgan fingerprint density at radius 1 is 1.06 bits per heavy atom. The molecule has 3 N–H and O–H groups in total. The van der Waals surface area contributed by atoms with Gasteiger partial charge in [0.1, 0.15) is 5.82 Å². The molecule has 0 unspecified atom stereocenters. The lowest BCUT2D eigenvalue weighted by Gasteiger charge is -2.17. The molecule has 0 bridgehead atoms. The number of amides is 1. The van der Waals surface area contributed by atoms with Gasteiger partial charge >= 0.3 is 0 Å². The largest absolute Gasteiger partial charge is 0.361 e. The summed E-state index contributed by atoms with van der Waals surface area (Å²) in [5, 5.41) is 7.98. The molecular formula is C25H25ClN6O. The van der Waals surface area contributed by atoms with E-state index in [0.29, 0.717) is 5.02 Å². The van der Waals surface area contributed by atoms with Crippen molar-refractivity contribution < 1.29 is 4.79 Å². The van der Waals surface area contributed by atoms with Crippen LogP contribution in [0, 0.1) is 6.92 Å². The fourth-order valence-electron chi connectivity index (χ4n) is 4.14. The second-order valence-electron chi connectivity index (χ2n) is 8.32. The number of benzene rings is 2. The van der Waals surface area contributed by atoms with E-state index in [4.69, 9.17) is 11.6 Å². The minimum absolute atomic E-state index is 0.0757. The van der Waals surface area contributed by atoms with Crippen molar-refractivity contribution in [3.8, 4) is 0 Å². The van der Waals surface area contributed by atoms with Crippen molar-refractivity contribution in [3.05, 3.63) is 71.0 Å². The minimum Gasteiger partial charge on any atom is -0.361 e. The Labute approximate surface area is 197 Å². The average Bonchev–Trinajstić information content (AvgIpc) is 3.45. The zero-order valence-electron chi connectivity index (χ0n) is 18.4. The van der Waals surface area contributed by atoms with Gasteiger partial charge in [-0.25, -0.2) is 4.98 Å². The predicted molar refractivity (Wildman–Crippen MR) is 134 cm³/mol. The normalized spacial score (nSPS) is 13.5. The third-order valence-electron chi connectivity index (χ3n) is 5.75. The third kappa shape index (κ3) is 4.93. The molecular weight excluding hydrogens is 436 g/mol. The highest BCUT2D eigenvalue weighted by Gasteiger charge is 2.16. The van der Waals surface area contributed by atoms with Crippen LogP contribution in [0.2, 0.25) is 5.02 Å². The van der Waals surface area contributed by atoms with Crippen LogP contribution in [-0.4, -0.2) is 33.9 Å². The highest BCUT2D eigenvalue weighted by molar-refractivity contribution is 6.31. The van der Waals surface area contributed by atoms with Crippen molar-refractivity contribution in [2.75, 3.05) is 28.6 Å². The van der Waals surface area contributed by atoms with Crippen LogP contribution in [0.1, 0.15) is 24.1 Å². The highest BCUT2D eigenvalue weighted by atomic mass is 35.5. The average molecular weight is 461 g/mol. The van der Waals surface area contributed by atoms with Gasteiger partial charge in [-0.05, 0) is 61.7 Å². The standard InChI is InChI=1S/C25H25ClN6O/c1-16-12-23(31-25(28-16)32-10-2-3-11-32)29-19-5-7-20(8-6-19)30-24(33)13-17-15-27-22-14-18(26)4-9-21(17)22/h4-9,12,14-15,27H,2-3,10-11,13H2,1H3,(H,30,33)(H,28,29,31). The van der Waals surface area contributed by atoms with Crippen molar-refractivity contribution in [1.29, 1.82) is 0 Å². The van der Waals surface area contributed by atoms with Crippen molar-refractivity contribution >= 4 is 51.6 Å². The maximum atomic E-state index is 12.6. The van der Waals surface area contributed by atoms with E-state index in [1.165, 1.54) is 12.8 Å². The number of carbonyl (C=O) groups excluding carboxylic acids is 1. The number of anilines is 4. The van der Waals surface area contributed by atoms with Crippen molar-refractivity contribution in [2.45, 2.75) is 26.2 Å². The number of hydrogen-bond acceptors (Lipinski definition) is 5. The number of carbonyl (C=O) groups is 1. The Kier molecular flexibility index (Phi) is 5.88. The predicted octanol–water partition coefficient (Wildman–Crippen LogP) is 5.44. The monoisotopic (exact) mass is 460 g/mol. The Morgan fingerprint density at radius 2 is 1.82 bits per heavy atom. The summed E-state index contributed by atoms with van der Waals surface area (Å²) in [5.74, 6) is 1.47. The number of halogens is 1. The van der Waals surface area contributed by atoms with E-state index >= 15 is 0 Å². The fraction of sp³-hybridized carbons (Fsp3) is 0.240. The van der Waals surface area contributed by atoms with Crippen molar-refractivity contribution in [3.63, 3.8) is 0 Å². The van der Waals surface area contributed by atoms with Crippen molar-refractivity contribution in [2.24, 2.45) is 0 Å². The second-order valence-corrected chi connectivity index (χ2v) is 8.76. The molecule has 0 spiro atoms. The third-order valence-corrected chi connectivity index (χ3v) is 5.99. The van der Waals surface area contributed by atoms with Gasteiger partial charge in [0.25, 0.3) is 0 Å². The van der Waals surface area contributed by atoms with Gasteiger partial charge in [-0.3, -0.25) is 4.79 Å². The lowest BCUT2D eigenvalue weighted by Crippen LogP contribution is -2.21. The first-order valence-electron chi connectivity index (χ1n) is 11.1. The summed E-state index contributed by atoms with van der Waals surface area (Å²) in [5.41, 5.74) is 4.42. The highest BCUT2D eigenvalue weighted by Crippen LogP contribution is 2.24. The van der Waals surface area contributed by atoms with E-state index in [-0.39, 0.29) is 12.3 Å². The van der Waals surface area contributed by atoms with Crippen LogP contribution in [-0.2, 0) is 11.2 Å². The van der Waals surface area contributed by atoms with E-state index in [0.717, 1.165) is 58.4 Å². The quantitative estimate of drug-likeness (QED) is 0.356. The van der Waals surface area contributed by atoms with Gasteiger partial charge in [0, 0.05) is 58.3 Å². The Hall–Kier alpha value is -3.58. The van der Waals surface area contributed by atoms with Crippen LogP contribution in [0.3, 0.4) is 0 Å². The number of aryl methyl sites for hydroxylation is 1. The Morgan fingerprint density at radius 3 is 2.61 bits per heavy atom. The number of nitrogens with zero attached hydrogens (tertiary/aromatic N) is 3. The first-order valence-corrected chi connectivity index (χ1v) is 11.4. The number of H-pyrrole nitrogens is 1. The summed E-state index contributed by atoms with van der Waals surface area (Å²) in [7, 11) is 0. The van der Waals surface area contributed by atoms with Gasteiger partial charge < -0.3 is 20.5 Å². The molecule has 1 saturated heterocycles. The van der Waals surface area contributed by atoms with Crippen LogP contribution in [0.15, 0.2) is 54.7 Å². The number of rotatable bonds is 6. The topological polar surface area (TPSA) is 85.9 Å². The molecule has 7 nitrogen and oxygen atoms in total. The summed E-state index contributed by atoms with van der Waals surface area (Å²) < 4.78 is 0. The molecule has 0 radical (unpaired) electrons. The maximum Gasteiger partial charge on any atom is 0.228 e. The van der Waals surface area contributed by atoms with E-state index in [1.807, 2.05) is 61.7 Å². The number of fused-ring (bicyclic) bond motifs is 1. The van der Waals surface area contributed by atoms with Gasteiger partial charge in [0.05, 0.1) is 6.42 Å². The zero-order chi connectivity index (χ0) is 22.8. The first-order chi connectivity index (χ1) is 16.0. The molecule has 0 aliphatic carbocycles. The molecule has 1 aliphatic rings. The molecule has 0 saturated carbocycles. The molecule has 168 valence electrons. The molecule has 5 rings (SSSR count). The fourth-order valence-corrected chi connectivity index (χ4v) is 4.32. The summed E-state index contributed by atoms with van der Waals surface area (Å²) in [4.78, 5) is 27.2. The molecule has 2 aromatic heterocycles. The molecule has 0 atom stereocenters. The van der Waals surface area contributed by atoms with Gasteiger partial charge in [-0.2, -0.15) is 4.98 Å². The van der Waals surface area contributed by atoms with Gasteiger partial charge in [-0.15, -0.1) is 0 Å². The van der Waals surface area contributed by atoms with Crippen LogP contribution in [0.25, 0.3) is 10.9 Å². The SMILES string of the molecule is Cc1cc(Nc2ccc(NC(=O)Cc3c[nH]c4cc(Cl)ccc34)cc2)nc(N2CCCC2)n1. The summed E-state index contributed by atoms with van der Waals surface area (Å²) in [6, 6.07) is 15.2. The number of hydrogen-bond donors (Lipinski definition) is 3. The molecule has 33 heavy (non-hydrogen) atoms. The molecule has 8 heteroatoms. The lowest BCUT2D eigenvalue weighted by atomic mass is 10.1. The van der Waals surface area contributed by atoms with E-state index < -0.39 is 0 Å². The van der Waals surface area contributed by atoms with Gasteiger partial charge in [-0.1, -0.05) is 17.7 Å². The molecule has 1 aliphatic heterocycles. The molecule has 1 amide bonds. The van der Waals surface area contributed by atoms with Crippen molar-refractivity contribution in [1.82, 2.24) is 15.0 Å². The van der Waals surface area contributed by atoms with E-state index in [9.17, 15) is 4.79 Å². The summed E-state index contributed by atoms with van der Waals surface area (Å²) in [6.45, 7) is 3.99. The van der Waals surface area contributed by atoms with Crippen LogP contribution in [0.4, 0.5) is 23.1 Å². The van der Waals surface area contributed by atoms with Gasteiger partial charge in [0.2, 0.25) is 11.9 Å². The van der Waals surface area contributed by atoms with Gasteiger partial charge in [0.15, 0.2) is 0 Å². The Bertz CT molecular complexity index is 1290. The molecule has 4 aromatic rings. The van der Waals surface area contributed by atoms with E-state index in [2.05, 4.69) is 30.5 Å². The first kappa shape index (κ1) is 21.3. The zero-order valence-corrected chi connectivity index (χ0v) is 19.1. The maximum absolute atomic E-state index is 12.6. The second kappa shape index (κ2) is 9.11. The minimum atomic E-state index is -0.0757. The summed E-state index contributed by atoms with van der Waals surface area (Å²) in [6.07, 6.45) is 4.50. The molecule has 2 aromatic carbocycles. The van der Waals surface area contributed by atoms with Crippen LogP contribution < -0.4 is 15.5 Å². The van der Waals surface area contributed by atoms with Crippen LogP contribution >= 0.6 is 11.6 Å². The lowest BCUT2D eigenvalue weighted by molar-refractivity contribution is -0.115. The number of aromatic amines is 1. The number of nitrogens with one attached hydrogen (secondary N) is 3. The molecule has 1 fully saturated rings. The summed E-state index contributed by atoms with van der Waals surface area (Å²) >= 11 is 6.04. The van der Waals surface area contributed by atoms with Crippen LogP contribution in [0.5, 0.6) is 0 Å².